The zero-order chi connectivity index (χ0) is 20.8. The summed E-state index contributed by atoms with van der Waals surface area (Å²) in [6, 6.07) is 14.9. The molecule has 8 nitrogen and oxygen atoms in total. The minimum absolute atomic E-state index is 0.131. The van der Waals surface area contributed by atoms with E-state index in [1.807, 2.05) is 30.3 Å². The fraction of sp³-hybridized carbons (Fsp3) is 0.143. The maximum absolute atomic E-state index is 12.0. The minimum atomic E-state index is -0.783. The van der Waals surface area contributed by atoms with E-state index in [2.05, 4.69) is 5.32 Å². The Balaban J connectivity index is 1.52. The molecule has 1 aromatic heterocycles. The Kier molecular flexibility index (Phi) is 6.03. The van der Waals surface area contributed by atoms with Gasteiger partial charge in [-0.1, -0.05) is 30.3 Å². The molecule has 0 fully saturated rings. The van der Waals surface area contributed by atoms with Crippen molar-refractivity contribution in [2.45, 2.75) is 13.0 Å². The van der Waals surface area contributed by atoms with Gasteiger partial charge in [-0.25, -0.2) is 4.79 Å². The number of benzene rings is 2. The molecule has 3 aromatic rings. The number of para-hydroxylation sites is 2. The minimum Gasteiger partial charge on any atom is -0.459 e. The molecule has 2 aromatic carbocycles. The van der Waals surface area contributed by atoms with Crippen molar-refractivity contribution >= 4 is 34.6 Å². The van der Waals surface area contributed by atoms with E-state index < -0.39 is 29.4 Å². The van der Waals surface area contributed by atoms with Crippen molar-refractivity contribution in [1.29, 1.82) is 0 Å². The first-order chi connectivity index (χ1) is 13.9. The molecule has 0 aliphatic heterocycles. The SMILES string of the molecule is C[C@H](NC(=O)COC(=O)/C=C/c1ccccc1[N+](=O)[O-])c1cc2ccccc2o1. The molecule has 29 heavy (non-hydrogen) atoms. The number of nitrogens with zero attached hydrogens (tertiary/aromatic N) is 1. The predicted octanol–water partition coefficient (Wildman–Crippen LogP) is 3.77. The van der Waals surface area contributed by atoms with Crippen LogP contribution in [-0.2, 0) is 14.3 Å². The first-order valence-electron chi connectivity index (χ1n) is 8.80. The summed E-state index contributed by atoms with van der Waals surface area (Å²) in [5, 5.41) is 14.6. The van der Waals surface area contributed by atoms with E-state index >= 15 is 0 Å². The first-order valence-corrected chi connectivity index (χ1v) is 8.80. The molecule has 0 spiro atoms. The van der Waals surface area contributed by atoms with Gasteiger partial charge in [-0.15, -0.1) is 0 Å². The highest BCUT2D eigenvalue weighted by molar-refractivity contribution is 5.90. The summed E-state index contributed by atoms with van der Waals surface area (Å²) in [5.41, 5.74) is 0.849. The zero-order valence-electron chi connectivity index (χ0n) is 15.5. The maximum Gasteiger partial charge on any atom is 0.331 e. The molecule has 3 rings (SSSR count). The molecular formula is C21H18N2O6. The van der Waals surface area contributed by atoms with Gasteiger partial charge in [-0.2, -0.15) is 0 Å². The number of furan rings is 1. The topological polar surface area (TPSA) is 112 Å². The van der Waals surface area contributed by atoms with Gasteiger partial charge in [0, 0.05) is 17.5 Å². The quantitative estimate of drug-likeness (QED) is 0.282. The standard InChI is InChI=1S/C21H18N2O6/c1-14(19-12-16-7-3-5-9-18(16)29-19)22-20(24)13-28-21(25)11-10-15-6-2-4-8-17(15)23(26)27/h2-12,14H,13H2,1H3,(H,22,24)/b11-10+/t14-/m0/s1. The third-order valence-corrected chi connectivity index (χ3v) is 4.13. The van der Waals surface area contributed by atoms with Crippen LogP contribution in [0.3, 0.4) is 0 Å². The average molecular weight is 394 g/mol. The number of carbonyl (C=O) groups excluding carboxylic acids is 2. The van der Waals surface area contributed by atoms with Crippen LogP contribution in [0.15, 0.2) is 65.1 Å². The summed E-state index contributed by atoms with van der Waals surface area (Å²) in [5.74, 6) is -0.692. The Morgan fingerprint density at radius 3 is 2.69 bits per heavy atom. The lowest BCUT2D eigenvalue weighted by Gasteiger charge is -2.11. The summed E-state index contributed by atoms with van der Waals surface area (Å²) in [6.07, 6.45) is 2.31. The lowest BCUT2D eigenvalue weighted by molar-refractivity contribution is -0.385. The van der Waals surface area contributed by atoms with Crippen molar-refractivity contribution < 1.29 is 23.7 Å². The second-order valence-electron chi connectivity index (χ2n) is 6.23. The molecule has 148 valence electrons. The summed E-state index contributed by atoms with van der Waals surface area (Å²) in [7, 11) is 0. The van der Waals surface area contributed by atoms with Crippen LogP contribution in [0.25, 0.3) is 17.0 Å². The smallest absolute Gasteiger partial charge is 0.331 e. The van der Waals surface area contributed by atoms with Gasteiger partial charge in [-0.3, -0.25) is 14.9 Å². The van der Waals surface area contributed by atoms with Crippen LogP contribution in [0, 0.1) is 10.1 Å². The van der Waals surface area contributed by atoms with Crippen molar-refractivity contribution in [1.82, 2.24) is 5.32 Å². The number of nitro groups is 1. The summed E-state index contributed by atoms with van der Waals surface area (Å²) >= 11 is 0. The molecule has 0 saturated carbocycles. The molecule has 1 heterocycles. The highest BCUT2D eigenvalue weighted by atomic mass is 16.6. The van der Waals surface area contributed by atoms with Crippen LogP contribution in [0.1, 0.15) is 24.3 Å². The molecular weight excluding hydrogens is 376 g/mol. The Labute approximate surface area is 165 Å². The van der Waals surface area contributed by atoms with E-state index in [4.69, 9.17) is 9.15 Å². The van der Waals surface area contributed by atoms with Gasteiger partial charge in [0.15, 0.2) is 6.61 Å². The maximum atomic E-state index is 12.0. The Morgan fingerprint density at radius 2 is 1.93 bits per heavy atom. The van der Waals surface area contributed by atoms with Crippen LogP contribution in [-0.4, -0.2) is 23.4 Å². The van der Waals surface area contributed by atoms with Crippen LogP contribution in [0.5, 0.6) is 0 Å². The molecule has 0 aliphatic carbocycles. The molecule has 0 radical (unpaired) electrons. The summed E-state index contributed by atoms with van der Waals surface area (Å²) < 4.78 is 10.6. The van der Waals surface area contributed by atoms with Gasteiger partial charge < -0.3 is 14.5 Å². The number of fused-ring (bicyclic) bond motifs is 1. The van der Waals surface area contributed by atoms with Gasteiger partial charge in [-0.05, 0) is 31.2 Å². The van der Waals surface area contributed by atoms with Crippen molar-refractivity contribution in [3.63, 3.8) is 0 Å². The first kappa shape index (κ1) is 19.8. The van der Waals surface area contributed by atoms with E-state index in [0.717, 1.165) is 17.0 Å². The number of ether oxygens (including phenoxy) is 1. The fourth-order valence-electron chi connectivity index (χ4n) is 2.71. The Hall–Kier alpha value is -3.94. The Bertz CT molecular complexity index is 1050. The van der Waals surface area contributed by atoms with Crippen LogP contribution >= 0.6 is 0 Å². The summed E-state index contributed by atoms with van der Waals surface area (Å²) in [4.78, 5) is 34.2. The average Bonchev–Trinajstić information content (AvgIpc) is 3.15. The Morgan fingerprint density at radius 1 is 1.21 bits per heavy atom. The lowest BCUT2D eigenvalue weighted by atomic mass is 10.1. The normalized spacial score (nSPS) is 12.0. The predicted molar refractivity (Wildman–Crippen MR) is 106 cm³/mol. The van der Waals surface area contributed by atoms with E-state index in [1.54, 1.807) is 13.0 Å². The molecule has 1 amide bonds. The van der Waals surface area contributed by atoms with Crippen molar-refractivity contribution in [3.8, 4) is 0 Å². The number of hydrogen-bond acceptors (Lipinski definition) is 6. The number of hydrogen-bond donors (Lipinski definition) is 1. The van der Waals surface area contributed by atoms with Crippen LogP contribution in [0.4, 0.5) is 5.69 Å². The number of rotatable bonds is 7. The molecule has 0 aliphatic rings. The third kappa shape index (κ3) is 5.07. The molecule has 8 heteroatoms. The largest absolute Gasteiger partial charge is 0.459 e. The number of amides is 1. The van der Waals surface area contributed by atoms with Gasteiger partial charge >= 0.3 is 5.97 Å². The van der Waals surface area contributed by atoms with Gasteiger partial charge in [0.2, 0.25) is 0 Å². The fourth-order valence-corrected chi connectivity index (χ4v) is 2.71. The third-order valence-electron chi connectivity index (χ3n) is 4.13. The van der Waals surface area contributed by atoms with Gasteiger partial charge in [0.25, 0.3) is 11.6 Å². The monoisotopic (exact) mass is 394 g/mol. The zero-order valence-corrected chi connectivity index (χ0v) is 15.5. The highest BCUT2D eigenvalue weighted by Gasteiger charge is 2.15. The molecule has 0 saturated heterocycles. The number of esters is 1. The number of carbonyl (C=O) groups is 2. The second-order valence-corrected chi connectivity index (χ2v) is 6.23. The van der Waals surface area contributed by atoms with Crippen molar-refractivity contribution in [2.75, 3.05) is 6.61 Å². The van der Waals surface area contributed by atoms with Crippen LogP contribution in [0.2, 0.25) is 0 Å². The summed E-state index contributed by atoms with van der Waals surface area (Å²) in [6.45, 7) is 1.27. The van der Waals surface area contributed by atoms with Crippen LogP contribution < -0.4 is 5.32 Å². The van der Waals surface area contributed by atoms with E-state index in [0.29, 0.717) is 5.76 Å². The molecule has 1 atom stereocenters. The molecule has 0 bridgehead atoms. The van der Waals surface area contributed by atoms with Gasteiger partial charge in [0.05, 0.1) is 16.5 Å². The van der Waals surface area contributed by atoms with E-state index in [9.17, 15) is 19.7 Å². The number of nitrogens with one attached hydrogen (secondary N) is 1. The molecule has 1 N–H and O–H groups in total. The van der Waals surface area contributed by atoms with E-state index in [1.165, 1.54) is 24.3 Å². The highest BCUT2D eigenvalue weighted by Crippen LogP contribution is 2.23. The number of nitro benzene ring substituents is 1. The lowest BCUT2D eigenvalue weighted by Crippen LogP contribution is -2.30. The van der Waals surface area contributed by atoms with Crippen molar-refractivity contribution in [3.05, 3.63) is 82.1 Å². The molecule has 0 unspecified atom stereocenters. The van der Waals surface area contributed by atoms with Crippen molar-refractivity contribution in [2.24, 2.45) is 0 Å². The van der Waals surface area contributed by atoms with E-state index in [-0.39, 0.29) is 11.3 Å². The second kappa shape index (κ2) is 8.83. The van der Waals surface area contributed by atoms with Gasteiger partial charge in [0.1, 0.15) is 11.3 Å².